The topological polar surface area (TPSA) is 59.8 Å². The van der Waals surface area contributed by atoms with Gasteiger partial charge in [-0.3, -0.25) is 14.7 Å². The van der Waals surface area contributed by atoms with E-state index < -0.39 is 0 Å². The van der Waals surface area contributed by atoms with Crippen LogP contribution >= 0.6 is 22.7 Å². The van der Waals surface area contributed by atoms with Gasteiger partial charge in [-0.2, -0.15) is 0 Å². The minimum Gasteiger partial charge on any atom is -0.298 e. The Kier molecular flexibility index (Phi) is 4.32. The van der Waals surface area contributed by atoms with Crippen LogP contribution < -0.4 is 5.32 Å². The lowest BCUT2D eigenvalue weighted by atomic mass is 10.2. The van der Waals surface area contributed by atoms with E-state index in [-0.39, 0.29) is 5.91 Å². The minimum absolute atomic E-state index is 0.127. The largest absolute Gasteiger partial charge is 0.298 e. The van der Waals surface area contributed by atoms with Crippen molar-refractivity contribution in [1.82, 2.24) is 14.5 Å². The number of nitrogens with zero attached hydrogens (tertiary/aromatic N) is 3. The van der Waals surface area contributed by atoms with Crippen molar-refractivity contribution in [2.24, 2.45) is 0 Å². The predicted octanol–water partition coefficient (Wildman–Crippen LogP) is 4.13. The minimum atomic E-state index is -0.127. The van der Waals surface area contributed by atoms with Gasteiger partial charge in [0.2, 0.25) is 0 Å². The van der Waals surface area contributed by atoms with Crippen LogP contribution in [0.1, 0.15) is 39.2 Å². The quantitative estimate of drug-likeness (QED) is 0.773. The molecule has 0 aromatic carbocycles. The standard InChI is InChI=1S/C16H18N4OS2/c1-5-13-11(4)23-15(18-13)19-14(21)12-8-9(2)20(10(12)3)16-17-6-7-22-16/h6-8H,5H2,1-4H3,(H,18,19,21). The summed E-state index contributed by atoms with van der Waals surface area (Å²) >= 11 is 3.07. The molecule has 23 heavy (non-hydrogen) atoms. The van der Waals surface area contributed by atoms with E-state index >= 15 is 0 Å². The van der Waals surface area contributed by atoms with E-state index in [2.05, 4.69) is 22.2 Å². The van der Waals surface area contributed by atoms with Gasteiger partial charge in [0.1, 0.15) is 0 Å². The molecule has 0 saturated heterocycles. The molecule has 7 heteroatoms. The van der Waals surface area contributed by atoms with Gasteiger partial charge >= 0.3 is 0 Å². The highest BCUT2D eigenvalue weighted by Gasteiger charge is 2.19. The molecule has 1 N–H and O–H groups in total. The Balaban J connectivity index is 1.89. The first-order valence-electron chi connectivity index (χ1n) is 7.37. The van der Waals surface area contributed by atoms with Crippen molar-refractivity contribution < 1.29 is 4.79 Å². The van der Waals surface area contributed by atoms with Crippen LogP contribution in [0, 0.1) is 20.8 Å². The molecule has 0 aliphatic heterocycles. The number of anilines is 1. The Morgan fingerprint density at radius 3 is 2.74 bits per heavy atom. The second kappa shape index (κ2) is 6.25. The molecule has 0 bridgehead atoms. The monoisotopic (exact) mass is 346 g/mol. The highest BCUT2D eigenvalue weighted by Crippen LogP contribution is 2.25. The van der Waals surface area contributed by atoms with E-state index in [9.17, 15) is 4.79 Å². The fraction of sp³-hybridized carbons (Fsp3) is 0.312. The molecule has 0 radical (unpaired) electrons. The number of aryl methyl sites for hydroxylation is 3. The van der Waals surface area contributed by atoms with E-state index in [1.54, 1.807) is 17.5 Å². The van der Waals surface area contributed by atoms with E-state index in [0.29, 0.717) is 10.7 Å². The molecule has 0 saturated carbocycles. The van der Waals surface area contributed by atoms with Gasteiger partial charge in [-0.05, 0) is 33.3 Å². The van der Waals surface area contributed by atoms with Crippen LogP contribution in [0.2, 0.25) is 0 Å². The molecule has 0 spiro atoms. The van der Waals surface area contributed by atoms with Crippen molar-refractivity contribution in [3.63, 3.8) is 0 Å². The third kappa shape index (κ3) is 2.94. The number of amides is 1. The fourth-order valence-electron chi connectivity index (χ4n) is 2.59. The lowest BCUT2D eigenvalue weighted by Gasteiger charge is -2.05. The zero-order chi connectivity index (χ0) is 16.6. The Morgan fingerprint density at radius 1 is 1.35 bits per heavy atom. The van der Waals surface area contributed by atoms with E-state index in [4.69, 9.17) is 0 Å². The average molecular weight is 346 g/mol. The SMILES string of the molecule is CCc1nc(NC(=O)c2cc(C)n(-c3nccs3)c2C)sc1C. The Labute approximate surface area is 143 Å². The third-order valence-electron chi connectivity index (χ3n) is 3.73. The highest BCUT2D eigenvalue weighted by atomic mass is 32.1. The fourth-order valence-corrected chi connectivity index (χ4v) is 4.24. The molecular formula is C16H18N4OS2. The van der Waals surface area contributed by atoms with E-state index in [0.717, 1.165) is 33.5 Å². The summed E-state index contributed by atoms with van der Waals surface area (Å²) in [6, 6.07) is 1.90. The molecule has 5 nitrogen and oxygen atoms in total. The maximum Gasteiger partial charge on any atom is 0.259 e. The van der Waals surface area contributed by atoms with Crippen molar-refractivity contribution in [3.8, 4) is 5.13 Å². The normalized spacial score (nSPS) is 11.0. The zero-order valence-electron chi connectivity index (χ0n) is 13.5. The number of nitrogens with one attached hydrogen (secondary N) is 1. The maximum atomic E-state index is 12.6. The second-order valence-electron chi connectivity index (χ2n) is 5.26. The highest BCUT2D eigenvalue weighted by molar-refractivity contribution is 7.15. The molecule has 0 unspecified atom stereocenters. The molecule has 0 fully saturated rings. The lowest BCUT2D eigenvalue weighted by molar-refractivity contribution is 0.102. The Bertz CT molecular complexity index is 846. The molecular weight excluding hydrogens is 328 g/mol. The number of carbonyl (C=O) groups excluding carboxylic acids is 1. The number of hydrogen-bond acceptors (Lipinski definition) is 5. The van der Waals surface area contributed by atoms with Crippen LogP contribution in [0.5, 0.6) is 0 Å². The lowest BCUT2D eigenvalue weighted by Crippen LogP contribution is -2.13. The van der Waals surface area contributed by atoms with Gasteiger partial charge in [0.15, 0.2) is 10.3 Å². The summed E-state index contributed by atoms with van der Waals surface area (Å²) in [5, 5.41) is 6.38. The predicted molar refractivity (Wildman–Crippen MR) is 95.1 cm³/mol. The van der Waals surface area contributed by atoms with E-state index in [1.807, 2.05) is 36.8 Å². The number of aromatic nitrogens is 3. The zero-order valence-corrected chi connectivity index (χ0v) is 15.1. The van der Waals surface area contributed by atoms with Gasteiger partial charge in [0.25, 0.3) is 5.91 Å². The van der Waals surface area contributed by atoms with Gasteiger partial charge in [-0.15, -0.1) is 22.7 Å². The summed E-state index contributed by atoms with van der Waals surface area (Å²) in [7, 11) is 0. The number of thiazole rings is 2. The van der Waals surface area contributed by atoms with Gasteiger partial charge in [-0.1, -0.05) is 6.92 Å². The molecule has 3 rings (SSSR count). The van der Waals surface area contributed by atoms with Crippen LogP contribution in [0.3, 0.4) is 0 Å². The third-order valence-corrected chi connectivity index (χ3v) is 5.42. The summed E-state index contributed by atoms with van der Waals surface area (Å²) < 4.78 is 2.00. The summed E-state index contributed by atoms with van der Waals surface area (Å²) in [6.45, 7) is 8.01. The Morgan fingerprint density at radius 2 is 2.13 bits per heavy atom. The first-order chi connectivity index (χ1) is 11.0. The summed E-state index contributed by atoms with van der Waals surface area (Å²) in [5.41, 5.74) is 3.58. The summed E-state index contributed by atoms with van der Waals surface area (Å²) in [6.07, 6.45) is 2.64. The van der Waals surface area contributed by atoms with Crippen molar-refractivity contribution >= 4 is 33.7 Å². The molecule has 0 aliphatic carbocycles. The molecule has 1 amide bonds. The molecule has 0 atom stereocenters. The van der Waals surface area contributed by atoms with Crippen LogP contribution in [-0.2, 0) is 6.42 Å². The van der Waals surface area contributed by atoms with Crippen LogP contribution in [-0.4, -0.2) is 20.4 Å². The Hall–Kier alpha value is -1.99. The average Bonchev–Trinajstić information content (AvgIpc) is 3.19. The summed E-state index contributed by atoms with van der Waals surface area (Å²) in [4.78, 5) is 22.6. The molecule has 3 aromatic rings. The smallest absolute Gasteiger partial charge is 0.259 e. The van der Waals surface area contributed by atoms with Gasteiger partial charge in [-0.25, -0.2) is 9.97 Å². The molecule has 120 valence electrons. The van der Waals surface area contributed by atoms with Crippen molar-refractivity contribution in [2.45, 2.75) is 34.1 Å². The molecule has 3 aromatic heterocycles. The number of carbonyl (C=O) groups is 1. The van der Waals surface area contributed by atoms with Crippen LogP contribution in [0.25, 0.3) is 5.13 Å². The summed E-state index contributed by atoms with van der Waals surface area (Å²) in [5.74, 6) is -0.127. The van der Waals surface area contributed by atoms with Crippen LogP contribution in [0.15, 0.2) is 17.6 Å². The van der Waals surface area contributed by atoms with Gasteiger partial charge < -0.3 is 0 Å². The van der Waals surface area contributed by atoms with Gasteiger partial charge in [0.05, 0.1) is 11.3 Å². The van der Waals surface area contributed by atoms with Crippen LogP contribution in [0.4, 0.5) is 5.13 Å². The number of rotatable bonds is 4. The van der Waals surface area contributed by atoms with E-state index in [1.165, 1.54) is 11.3 Å². The first-order valence-corrected chi connectivity index (χ1v) is 9.07. The number of hydrogen-bond donors (Lipinski definition) is 1. The molecule has 3 heterocycles. The van der Waals surface area contributed by atoms with Crippen molar-refractivity contribution in [2.75, 3.05) is 5.32 Å². The van der Waals surface area contributed by atoms with Gasteiger partial charge in [0, 0.05) is 27.8 Å². The molecule has 0 aliphatic rings. The maximum absolute atomic E-state index is 12.6. The van der Waals surface area contributed by atoms with Crippen molar-refractivity contribution in [1.29, 1.82) is 0 Å². The second-order valence-corrected chi connectivity index (χ2v) is 7.34. The first kappa shape index (κ1) is 15.9. The van der Waals surface area contributed by atoms with Crippen molar-refractivity contribution in [3.05, 3.63) is 45.2 Å².